The molecule has 1 aromatic carbocycles. The molecule has 1 aromatic rings. The van der Waals surface area contributed by atoms with Gasteiger partial charge in [0.05, 0.1) is 0 Å². The quantitative estimate of drug-likeness (QED) is 0.800. The number of hydrogen-bond acceptors (Lipinski definition) is 1. The summed E-state index contributed by atoms with van der Waals surface area (Å²) in [5.41, 5.74) is 5.93. The van der Waals surface area contributed by atoms with Crippen molar-refractivity contribution in [3.05, 3.63) is 40.5 Å². The van der Waals surface area contributed by atoms with Gasteiger partial charge in [0.1, 0.15) is 0 Å². The van der Waals surface area contributed by atoms with Gasteiger partial charge in [-0.2, -0.15) is 0 Å². The molecule has 2 saturated carbocycles. The van der Waals surface area contributed by atoms with Crippen LogP contribution in [0.15, 0.2) is 23.8 Å². The average Bonchev–Trinajstić information content (AvgIpc) is 3.31. The first-order valence-corrected chi connectivity index (χ1v) is 8.74. The summed E-state index contributed by atoms with van der Waals surface area (Å²) < 4.78 is 0. The van der Waals surface area contributed by atoms with E-state index in [4.69, 9.17) is 0 Å². The van der Waals surface area contributed by atoms with Crippen molar-refractivity contribution in [2.75, 3.05) is 6.54 Å². The van der Waals surface area contributed by atoms with Gasteiger partial charge in [0.25, 0.3) is 0 Å². The Morgan fingerprint density at radius 2 is 1.71 bits per heavy atom. The highest BCUT2D eigenvalue weighted by Crippen LogP contribution is 2.32. The van der Waals surface area contributed by atoms with E-state index in [1.165, 1.54) is 61.6 Å². The summed E-state index contributed by atoms with van der Waals surface area (Å²) in [6.45, 7) is 5.58. The molecular weight excluding hydrogens is 254 g/mol. The Kier molecular flexibility index (Phi) is 4.80. The first kappa shape index (κ1) is 14.8. The maximum absolute atomic E-state index is 3.74. The maximum Gasteiger partial charge on any atom is 0.0173 e. The second-order valence-corrected chi connectivity index (χ2v) is 7.01. The van der Waals surface area contributed by atoms with Gasteiger partial charge in [0, 0.05) is 12.6 Å². The molecular formula is C20H29N. The fourth-order valence-electron chi connectivity index (χ4n) is 3.58. The Morgan fingerprint density at radius 3 is 2.33 bits per heavy atom. The van der Waals surface area contributed by atoms with E-state index in [9.17, 15) is 0 Å². The summed E-state index contributed by atoms with van der Waals surface area (Å²) in [5, 5.41) is 3.74. The minimum Gasteiger partial charge on any atom is -0.310 e. The molecule has 2 fully saturated rings. The zero-order valence-corrected chi connectivity index (χ0v) is 13.6. The number of rotatable bonds is 5. The molecule has 0 heterocycles. The number of nitrogens with one attached hydrogen (secondary N) is 1. The topological polar surface area (TPSA) is 12.0 Å². The molecule has 0 radical (unpaired) electrons. The van der Waals surface area contributed by atoms with E-state index in [0.29, 0.717) is 0 Å². The van der Waals surface area contributed by atoms with Crippen molar-refractivity contribution in [2.24, 2.45) is 5.92 Å². The first-order valence-electron chi connectivity index (χ1n) is 8.74. The third kappa shape index (κ3) is 3.97. The maximum atomic E-state index is 3.74. The molecule has 21 heavy (non-hydrogen) atoms. The van der Waals surface area contributed by atoms with Crippen LogP contribution in [0.1, 0.15) is 61.6 Å². The second kappa shape index (κ2) is 6.79. The van der Waals surface area contributed by atoms with Gasteiger partial charge in [-0.25, -0.2) is 0 Å². The Morgan fingerprint density at radius 1 is 1.05 bits per heavy atom. The minimum absolute atomic E-state index is 0.801. The molecule has 3 rings (SSSR count). The Balaban J connectivity index is 1.82. The Hall–Kier alpha value is -1.08. The van der Waals surface area contributed by atoms with Gasteiger partial charge < -0.3 is 5.32 Å². The molecule has 114 valence electrons. The standard InChI is InChI=1S/C20H29N/c1-15-7-6-8-16(2)20(15)13-18(14-21-19-11-12-19)17-9-4-3-5-10-17/h6-8,13,17,19,21H,3-5,9-12,14H2,1-2H3/b18-13-. The summed E-state index contributed by atoms with van der Waals surface area (Å²) >= 11 is 0. The normalized spacial score (nSPS) is 20.8. The van der Waals surface area contributed by atoms with Crippen molar-refractivity contribution in [3.63, 3.8) is 0 Å². The predicted octanol–water partition coefficient (Wildman–Crippen LogP) is 5.02. The summed E-state index contributed by atoms with van der Waals surface area (Å²) in [4.78, 5) is 0. The van der Waals surface area contributed by atoms with Crippen molar-refractivity contribution in [1.29, 1.82) is 0 Å². The van der Waals surface area contributed by atoms with Crippen molar-refractivity contribution in [1.82, 2.24) is 5.32 Å². The zero-order valence-electron chi connectivity index (χ0n) is 13.6. The summed E-state index contributed by atoms with van der Waals surface area (Å²) in [5.74, 6) is 0.809. The summed E-state index contributed by atoms with van der Waals surface area (Å²) in [7, 11) is 0. The fourth-order valence-corrected chi connectivity index (χ4v) is 3.58. The van der Waals surface area contributed by atoms with Crippen LogP contribution >= 0.6 is 0 Å². The van der Waals surface area contributed by atoms with Crippen LogP contribution < -0.4 is 5.32 Å². The molecule has 2 aliphatic rings. The van der Waals surface area contributed by atoms with Crippen LogP contribution in [0, 0.1) is 19.8 Å². The molecule has 0 amide bonds. The Labute approximate surface area is 129 Å². The molecule has 0 bridgehead atoms. The van der Waals surface area contributed by atoms with Crippen molar-refractivity contribution >= 4 is 6.08 Å². The summed E-state index contributed by atoms with van der Waals surface area (Å²) in [6, 6.07) is 7.46. The molecule has 2 aliphatic carbocycles. The van der Waals surface area contributed by atoms with E-state index < -0.39 is 0 Å². The highest BCUT2D eigenvalue weighted by atomic mass is 14.9. The van der Waals surface area contributed by atoms with Crippen molar-refractivity contribution in [3.8, 4) is 0 Å². The highest BCUT2D eigenvalue weighted by molar-refractivity contribution is 5.60. The van der Waals surface area contributed by atoms with Crippen LogP contribution in [-0.2, 0) is 0 Å². The van der Waals surface area contributed by atoms with Gasteiger partial charge in [-0.05, 0) is 62.1 Å². The van der Waals surface area contributed by atoms with Gasteiger partial charge in [-0.1, -0.05) is 49.1 Å². The largest absolute Gasteiger partial charge is 0.310 e. The van der Waals surface area contributed by atoms with Gasteiger partial charge in [-0.3, -0.25) is 0 Å². The van der Waals surface area contributed by atoms with E-state index in [0.717, 1.165) is 18.5 Å². The molecule has 0 aliphatic heterocycles. The van der Waals surface area contributed by atoms with Gasteiger partial charge in [-0.15, -0.1) is 0 Å². The SMILES string of the molecule is Cc1cccc(C)c1/C=C(/CNC1CC1)C1CCCCC1. The van der Waals surface area contributed by atoms with Crippen molar-refractivity contribution in [2.45, 2.75) is 64.8 Å². The van der Waals surface area contributed by atoms with E-state index in [-0.39, 0.29) is 0 Å². The minimum atomic E-state index is 0.801. The van der Waals surface area contributed by atoms with Crippen LogP contribution in [0.3, 0.4) is 0 Å². The zero-order chi connectivity index (χ0) is 14.7. The van der Waals surface area contributed by atoms with Crippen LogP contribution in [0.2, 0.25) is 0 Å². The fraction of sp³-hybridized carbons (Fsp3) is 0.600. The van der Waals surface area contributed by atoms with Crippen LogP contribution in [0.5, 0.6) is 0 Å². The van der Waals surface area contributed by atoms with E-state index in [1.807, 2.05) is 0 Å². The Bertz CT molecular complexity index is 484. The lowest BCUT2D eigenvalue weighted by Gasteiger charge is -2.25. The lowest BCUT2D eigenvalue weighted by atomic mass is 9.82. The summed E-state index contributed by atoms with van der Waals surface area (Å²) in [6.07, 6.45) is 12.3. The first-order chi connectivity index (χ1) is 10.2. The molecule has 1 heteroatoms. The molecule has 0 spiro atoms. The molecule has 0 aromatic heterocycles. The molecule has 0 unspecified atom stereocenters. The van der Waals surface area contributed by atoms with Gasteiger partial charge in [0.2, 0.25) is 0 Å². The van der Waals surface area contributed by atoms with Crippen LogP contribution in [-0.4, -0.2) is 12.6 Å². The lowest BCUT2D eigenvalue weighted by molar-refractivity contribution is 0.396. The molecule has 1 nitrogen and oxygen atoms in total. The number of aryl methyl sites for hydroxylation is 2. The third-order valence-corrected chi connectivity index (χ3v) is 5.17. The van der Waals surface area contributed by atoms with Crippen molar-refractivity contribution < 1.29 is 0 Å². The van der Waals surface area contributed by atoms with Gasteiger partial charge in [0.15, 0.2) is 0 Å². The van der Waals surface area contributed by atoms with Crippen LogP contribution in [0.4, 0.5) is 0 Å². The highest BCUT2D eigenvalue weighted by Gasteiger charge is 2.23. The van der Waals surface area contributed by atoms with E-state index in [2.05, 4.69) is 43.4 Å². The molecule has 0 atom stereocenters. The number of hydrogen-bond donors (Lipinski definition) is 1. The monoisotopic (exact) mass is 283 g/mol. The third-order valence-electron chi connectivity index (χ3n) is 5.17. The van der Waals surface area contributed by atoms with E-state index in [1.54, 1.807) is 5.57 Å². The predicted molar refractivity (Wildman–Crippen MR) is 91.5 cm³/mol. The molecule has 1 N–H and O–H groups in total. The smallest absolute Gasteiger partial charge is 0.0173 e. The van der Waals surface area contributed by atoms with E-state index >= 15 is 0 Å². The lowest BCUT2D eigenvalue weighted by Crippen LogP contribution is -2.24. The second-order valence-electron chi connectivity index (χ2n) is 7.01. The number of benzene rings is 1. The van der Waals surface area contributed by atoms with Gasteiger partial charge >= 0.3 is 0 Å². The molecule has 0 saturated heterocycles. The average molecular weight is 283 g/mol. The van der Waals surface area contributed by atoms with Crippen LogP contribution in [0.25, 0.3) is 6.08 Å².